The van der Waals surface area contributed by atoms with Gasteiger partial charge >= 0.3 is 0 Å². The predicted molar refractivity (Wildman–Crippen MR) is 104 cm³/mol. The zero-order valence-corrected chi connectivity index (χ0v) is 16.5. The standard InChI is InChI=1S/C19H22N6O2S/c1-13-4-2-5-16-20-18(12-25(13)16)28(26,27)23-15-9-7-14(8-10-15)19-22-21-17-6-3-11-24(17)19/h7-10,12-13,23H,2-6,11H2,1H3. The van der Waals surface area contributed by atoms with E-state index in [-0.39, 0.29) is 11.1 Å². The van der Waals surface area contributed by atoms with Crippen LogP contribution in [0.25, 0.3) is 11.4 Å². The van der Waals surface area contributed by atoms with Crippen LogP contribution in [-0.2, 0) is 29.4 Å². The van der Waals surface area contributed by atoms with Gasteiger partial charge in [0.25, 0.3) is 10.0 Å². The van der Waals surface area contributed by atoms with Gasteiger partial charge in [-0.15, -0.1) is 10.2 Å². The van der Waals surface area contributed by atoms with Gasteiger partial charge in [-0.3, -0.25) is 4.72 Å². The minimum absolute atomic E-state index is 0.0793. The van der Waals surface area contributed by atoms with Gasteiger partial charge < -0.3 is 9.13 Å². The van der Waals surface area contributed by atoms with Gasteiger partial charge in [0.2, 0.25) is 0 Å². The number of aryl methyl sites for hydroxylation is 2. The summed E-state index contributed by atoms with van der Waals surface area (Å²) in [6.45, 7) is 3.02. The molecule has 146 valence electrons. The van der Waals surface area contributed by atoms with Crippen LogP contribution in [0, 0.1) is 0 Å². The van der Waals surface area contributed by atoms with E-state index in [2.05, 4.69) is 31.4 Å². The van der Waals surface area contributed by atoms with E-state index in [0.717, 1.165) is 61.7 Å². The van der Waals surface area contributed by atoms with Crippen molar-refractivity contribution in [2.24, 2.45) is 0 Å². The van der Waals surface area contributed by atoms with Gasteiger partial charge in [0.1, 0.15) is 11.6 Å². The fraction of sp³-hybridized carbons (Fsp3) is 0.421. The van der Waals surface area contributed by atoms with Gasteiger partial charge in [-0.05, 0) is 50.5 Å². The Hall–Kier alpha value is -2.68. The molecule has 28 heavy (non-hydrogen) atoms. The van der Waals surface area contributed by atoms with E-state index < -0.39 is 10.0 Å². The summed E-state index contributed by atoms with van der Waals surface area (Å²) in [5.41, 5.74) is 1.43. The molecule has 0 saturated carbocycles. The van der Waals surface area contributed by atoms with Gasteiger partial charge in [0.15, 0.2) is 10.9 Å². The highest BCUT2D eigenvalue weighted by Crippen LogP contribution is 2.28. The van der Waals surface area contributed by atoms with Gasteiger partial charge in [-0.1, -0.05) is 0 Å². The summed E-state index contributed by atoms with van der Waals surface area (Å²) in [7, 11) is -3.72. The molecule has 2 aromatic heterocycles. The number of anilines is 1. The topological polar surface area (TPSA) is 94.7 Å². The van der Waals surface area contributed by atoms with Crippen LogP contribution in [0.4, 0.5) is 5.69 Å². The molecule has 3 aromatic rings. The summed E-state index contributed by atoms with van der Waals surface area (Å²) in [5, 5.41) is 8.57. The SMILES string of the molecule is CC1CCCc2nc(S(=O)(=O)Nc3ccc(-c4nnc5n4CCC5)cc3)cn21. The number of rotatable bonds is 4. The van der Waals surface area contributed by atoms with E-state index in [1.807, 2.05) is 16.7 Å². The number of fused-ring (bicyclic) bond motifs is 2. The Balaban J connectivity index is 1.38. The number of hydrogen-bond acceptors (Lipinski definition) is 5. The summed E-state index contributed by atoms with van der Waals surface area (Å²) in [6.07, 6.45) is 6.59. The van der Waals surface area contributed by atoms with Crippen LogP contribution in [-0.4, -0.2) is 32.7 Å². The zero-order valence-electron chi connectivity index (χ0n) is 15.7. The first-order chi connectivity index (χ1) is 13.5. The number of hydrogen-bond donors (Lipinski definition) is 1. The van der Waals surface area contributed by atoms with Gasteiger partial charge in [0.05, 0.1) is 0 Å². The normalized spacial score (nSPS) is 18.7. The third-order valence-corrected chi connectivity index (χ3v) is 6.82. The van der Waals surface area contributed by atoms with E-state index in [9.17, 15) is 8.42 Å². The predicted octanol–water partition coefficient (Wildman–Crippen LogP) is 2.79. The maximum absolute atomic E-state index is 12.8. The van der Waals surface area contributed by atoms with Crippen molar-refractivity contribution in [1.82, 2.24) is 24.3 Å². The lowest BCUT2D eigenvalue weighted by atomic mass is 10.1. The van der Waals surface area contributed by atoms with Crippen LogP contribution < -0.4 is 4.72 Å². The van der Waals surface area contributed by atoms with Crippen molar-refractivity contribution in [3.8, 4) is 11.4 Å². The third-order valence-electron chi connectivity index (χ3n) is 5.56. The number of imidazole rings is 1. The quantitative estimate of drug-likeness (QED) is 0.729. The second-order valence-electron chi connectivity index (χ2n) is 7.52. The van der Waals surface area contributed by atoms with Crippen LogP contribution in [0.5, 0.6) is 0 Å². The van der Waals surface area contributed by atoms with Crippen molar-refractivity contribution >= 4 is 15.7 Å². The summed E-state index contributed by atoms with van der Waals surface area (Å²) in [4.78, 5) is 4.36. The first kappa shape index (κ1) is 17.4. The van der Waals surface area contributed by atoms with Crippen molar-refractivity contribution < 1.29 is 8.42 Å². The lowest BCUT2D eigenvalue weighted by Crippen LogP contribution is -2.14. The molecular weight excluding hydrogens is 376 g/mol. The maximum Gasteiger partial charge on any atom is 0.280 e. The van der Waals surface area contributed by atoms with Crippen LogP contribution in [0.1, 0.15) is 43.9 Å². The minimum Gasteiger partial charge on any atom is -0.331 e. The maximum atomic E-state index is 12.8. The lowest BCUT2D eigenvalue weighted by Gasteiger charge is -2.20. The second-order valence-corrected chi connectivity index (χ2v) is 9.15. The number of benzene rings is 1. The summed E-state index contributed by atoms with van der Waals surface area (Å²) < 4.78 is 32.3. The van der Waals surface area contributed by atoms with Crippen LogP contribution >= 0.6 is 0 Å². The first-order valence-electron chi connectivity index (χ1n) is 9.64. The number of sulfonamides is 1. The molecule has 1 unspecified atom stereocenters. The molecule has 0 radical (unpaired) electrons. The molecule has 1 N–H and O–H groups in total. The average Bonchev–Trinajstić information content (AvgIpc) is 3.38. The smallest absolute Gasteiger partial charge is 0.280 e. The number of nitrogens with zero attached hydrogens (tertiary/aromatic N) is 5. The van der Waals surface area contributed by atoms with E-state index in [1.54, 1.807) is 18.3 Å². The van der Waals surface area contributed by atoms with Crippen LogP contribution in [0.2, 0.25) is 0 Å². The van der Waals surface area contributed by atoms with Gasteiger partial charge in [-0.2, -0.15) is 8.42 Å². The molecule has 0 saturated heterocycles. The Morgan fingerprint density at radius 1 is 1.07 bits per heavy atom. The molecule has 0 spiro atoms. The molecular formula is C19H22N6O2S. The first-order valence-corrected chi connectivity index (χ1v) is 11.1. The van der Waals surface area contributed by atoms with Crippen molar-refractivity contribution in [2.75, 3.05) is 4.72 Å². The molecule has 5 rings (SSSR count). The highest BCUT2D eigenvalue weighted by atomic mass is 32.2. The highest BCUT2D eigenvalue weighted by molar-refractivity contribution is 7.92. The molecule has 0 fully saturated rings. The van der Waals surface area contributed by atoms with Crippen molar-refractivity contribution in [3.63, 3.8) is 0 Å². The molecule has 1 atom stereocenters. The molecule has 1 aromatic carbocycles. The zero-order chi connectivity index (χ0) is 19.3. The van der Waals surface area contributed by atoms with Crippen molar-refractivity contribution in [3.05, 3.63) is 42.1 Å². The summed E-state index contributed by atoms with van der Waals surface area (Å²) >= 11 is 0. The van der Waals surface area contributed by atoms with Crippen LogP contribution in [0.15, 0.2) is 35.5 Å². The highest BCUT2D eigenvalue weighted by Gasteiger charge is 2.25. The minimum atomic E-state index is -3.72. The molecule has 2 aliphatic rings. The summed E-state index contributed by atoms with van der Waals surface area (Å²) in [5.74, 6) is 2.69. The Kier molecular flexibility index (Phi) is 4.01. The Bertz CT molecular complexity index is 1130. The molecule has 4 heterocycles. The molecule has 9 heteroatoms. The van der Waals surface area contributed by atoms with Gasteiger partial charge in [-0.25, -0.2) is 4.98 Å². The lowest BCUT2D eigenvalue weighted by molar-refractivity contribution is 0.425. The molecule has 0 bridgehead atoms. The monoisotopic (exact) mass is 398 g/mol. The molecule has 8 nitrogen and oxygen atoms in total. The van der Waals surface area contributed by atoms with Crippen molar-refractivity contribution in [1.29, 1.82) is 0 Å². The third kappa shape index (κ3) is 2.90. The second kappa shape index (κ2) is 6.44. The van der Waals surface area contributed by atoms with Crippen molar-refractivity contribution in [2.45, 2.75) is 56.6 Å². The molecule has 0 aliphatic carbocycles. The van der Waals surface area contributed by atoms with Crippen LogP contribution in [0.3, 0.4) is 0 Å². The van der Waals surface area contributed by atoms with E-state index >= 15 is 0 Å². The number of nitrogens with one attached hydrogen (secondary N) is 1. The average molecular weight is 398 g/mol. The van der Waals surface area contributed by atoms with E-state index in [4.69, 9.17) is 0 Å². The Morgan fingerprint density at radius 3 is 2.64 bits per heavy atom. The summed E-state index contributed by atoms with van der Waals surface area (Å²) in [6, 6.07) is 7.52. The largest absolute Gasteiger partial charge is 0.331 e. The number of aromatic nitrogens is 5. The Morgan fingerprint density at radius 2 is 1.86 bits per heavy atom. The van der Waals surface area contributed by atoms with Gasteiger partial charge in [0, 0.05) is 42.9 Å². The fourth-order valence-electron chi connectivity index (χ4n) is 4.06. The fourth-order valence-corrected chi connectivity index (χ4v) is 5.09. The van der Waals surface area contributed by atoms with E-state index in [1.165, 1.54) is 0 Å². The Labute approximate surface area is 163 Å². The molecule has 0 amide bonds. The van der Waals surface area contributed by atoms with E-state index in [0.29, 0.717) is 5.69 Å². The molecule has 2 aliphatic heterocycles.